The predicted octanol–water partition coefficient (Wildman–Crippen LogP) is 11.5. The van der Waals surface area contributed by atoms with Gasteiger partial charge in [-0.15, -0.1) is 0 Å². The first-order valence-corrected chi connectivity index (χ1v) is 13.2. The summed E-state index contributed by atoms with van der Waals surface area (Å²) >= 11 is 0. The molecule has 0 amide bonds. The van der Waals surface area contributed by atoms with E-state index < -0.39 is 120 Å². The van der Waals surface area contributed by atoms with Crippen molar-refractivity contribution in [3.63, 3.8) is 0 Å². The first kappa shape index (κ1) is 33.7. The second kappa shape index (κ2) is 11.2. The van der Waals surface area contributed by atoms with Crippen molar-refractivity contribution in [2.75, 3.05) is 0 Å². The van der Waals surface area contributed by atoms with Gasteiger partial charge in [-0.05, 0) is 53.6 Å². The first-order chi connectivity index (χ1) is 22.7. The van der Waals surface area contributed by atoms with E-state index in [1.807, 2.05) is 0 Å². The summed E-state index contributed by atoms with van der Waals surface area (Å²) in [4.78, 5) is 0. The van der Waals surface area contributed by atoms with Gasteiger partial charge in [0.1, 0.15) is 0 Å². The third-order valence-corrected chi connectivity index (χ3v) is 7.59. The molecule has 0 bridgehead atoms. The molecule has 6 rings (SSSR count). The fraction of sp³-hybridized carbons (Fsp3) is 0.0625. The Labute approximate surface area is 261 Å². The van der Waals surface area contributed by atoms with E-state index >= 15 is 0 Å². The summed E-state index contributed by atoms with van der Waals surface area (Å²) in [6, 6.07) is 4.87. The summed E-state index contributed by atoms with van der Waals surface area (Å²) in [5.41, 5.74) is -9.75. The molecule has 254 valence electrons. The molecule has 1 aromatic heterocycles. The monoisotopic (exact) mass is 711 g/mol. The Hall–Kier alpha value is -5.22. The Balaban J connectivity index is 1.75. The van der Waals surface area contributed by atoms with Crippen molar-refractivity contribution < 1.29 is 70.2 Å². The lowest BCUT2D eigenvalue weighted by Gasteiger charge is -2.16. The molecule has 0 atom stereocenters. The van der Waals surface area contributed by atoms with Gasteiger partial charge >= 0.3 is 12.4 Å². The van der Waals surface area contributed by atoms with Gasteiger partial charge in [-0.25, -0.2) is 43.9 Å². The standard InChI is InChI=1S/C32H9F16N/c33-21-19(22(34)26(38)29(41)25(21)37)10-1-3-17-15(5-10)16-6-11(20-23(35)27(39)30(42)28(40)24(20)36)2-4-18(16)49(17)14-8-12(31(43,44)45)7-13(9-14)32(46,47)48/h1-9H. The summed E-state index contributed by atoms with van der Waals surface area (Å²) in [7, 11) is 0. The lowest BCUT2D eigenvalue weighted by molar-refractivity contribution is -0.143. The van der Waals surface area contributed by atoms with E-state index in [1.54, 1.807) is 0 Å². The van der Waals surface area contributed by atoms with Gasteiger partial charge in [0.05, 0.1) is 33.3 Å². The van der Waals surface area contributed by atoms with Crippen LogP contribution in [-0.2, 0) is 12.4 Å². The Morgan fingerprint density at radius 3 is 0.980 bits per heavy atom. The number of fused-ring (bicyclic) bond motifs is 3. The van der Waals surface area contributed by atoms with Gasteiger partial charge in [0, 0.05) is 16.5 Å². The number of hydrogen-bond acceptors (Lipinski definition) is 0. The predicted molar refractivity (Wildman–Crippen MR) is 141 cm³/mol. The maximum atomic E-state index is 14.7. The van der Waals surface area contributed by atoms with E-state index in [0.717, 1.165) is 28.8 Å². The molecule has 0 aliphatic heterocycles. The molecule has 1 heterocycles. The molecule has 0 aliphatic carbocycles. The second-order valence-electron chi connectivity index (χ2n) is 10.5. The summed E-state index contributed by atoms with van der Waals surface area (Å²) in [6.07, 6.45) is -10.7. The largest absolute Gasteiger partial charge is 0.416 e. The number of hydrogen-bond donors (Lipinski definition) is 0. The van der Waals surface area contributed by atoms with Gasteiger partial charge in [0.15, 0.2) is 46.5 Å². The van der Waals surface area contributed by atoms with Crippen molar-refractivity contribution in [1.29, 1.82) is 0 Å². The molecule has 17 heteroatoms. The Morgan fingerprint density at radius 1 is 0.367 bits per heavy atom. The summed E-state index contributed by atoms with van der Waals surface area (Å²) < 4.78 is 226. The van der Waals surface area contributed by atoms with Crippen LogP contribution in [0.5, 0.6) is 0 Å². The highest BCUT2D eigenvalue weighted by atomic mass is 19.4. The Morgan fingerprint density at radius 2 is 0.673 bits per heavy atom. The van der Waals surface area contributed by atoms with Crippen molar-refractivity contribution in [3.05, 3.63) is 124 Å². The lowest BCUT2D eigenvalue weighted by atomic mass is 9.98. The maximum absolute atomic E-state index is 14.7. The number of benzene rings is 5. The van der Waals surface area contributed by atoms with Crippen LogP contribution in [0.25, 0.3) is 49.7 Å². The number of nitrogens with zero attached hydrogens (tertiary/aromatic N) is 1. The number of halogens is 16. The topological polar surface area (TPSA) is 4.93 Å². The average Bonchev–Trinajstić information content (AvgIpc) is 3.37. The average molecular weight is 711 g/mol. The van der Waals surface area contributed by atoms with Crippen molar-refractivity contribution >= 4 is 21.8 Å². The van der Waals surface area contributed by atoms with Gasteiger partial charge in [-0.1, -0.05) is 12.1 Å². The zero-order valence-electron chi connectivity index (χ0n) is 23.2. The summed E-state index contributed by atoms with van der Waals surface area (Å²) in [5.74, 6) is -23.8. The van der Waals surface area contributed by atoms with Crippen LogP contribution in [0.3, 0.4) is 0 Å². The van der Waals surface area contributed by atoms with Crippen LogP contribution in [0.15, 0.2) is 54.6 Å². The highest BCUT2D eigenvalue weighted by Gasteiger charge is 2.38. The van der Waals surface area contributed by atoms with E-state index in [1.165, 1.54) is 0 Å². The fourth-order valence-corrected chi connectivity index (χ4v) is 5.40. The number of alkyl halides is 6. The quantitative estimate of drug-likeness (QED) is 0.0979. The van der Waals surface area contributed by atoms with Crippen molar-refractivity contribution in [3.8, 4) is 27.9 Å². The van der Waals surface area contributed by atoms with Crippen LogP contribution in [0.1, 0.15) is 11.1 Å². The molecule has 1 nitrogen and oxygen atoms in total. The van der Waals surface area contributed by atoms with E-state index in [0.29, 0.717) is 12.1 Å². The van der Waals surface area contributed by atoms with Gasteiger partial charge in [-0.3, -0.25) is 0 Å². The van der Waals surface area contributed by atoms with E-state index in [-0.39, 0.29) is 29.2 Å². The smallest absolute Gasteiger partial charge is 0.309 e. The van der Waals surface area contributed by atoms with Gasteiger partial charge in [0.25, 0.3) is 0 Å². The second-order valence-corrected chi connectivity index (χ2v) is 10.5. The lowest BCUT2D eigenvalue weighted by Crippen LogP contribution is -2.12. The zero-order valence-corrected chi connectivity index (χ0v) is 23.2. The Bertz CT molecular complexity index is 2150. The van der Waals surface area contributed by atoms with Crippen LogP contribution in [0.4, 0.5) is 70.2 Å². The third kappa shape index (κ3) is 5.22. The minimum absolute atomic E-state index is 0.194. The third-order valence-electron chi connectivity index (χ3n) is 7.59. The molecular weight excluding hydrogens is 702 g/mol. The zero-order chi connectivity index (χ0) is 36.1. The van der Waals surface area contributed by atoms with E-state index in [4.69, 9.17) is 0 Å². The van der Waals surface area contributed by atoms with E-state index in [2.05, 4.69) is 0 Å². The molecule has 49 heavy (non-hydrogen) atoms. The maximum Gasteiger partial charge on any atom is 0.416 e. The van der Waals surface area contributed by atoms with Gasteiger partial charge in [0.2, 0.25) is 11.6 Å². The molecule has 0 saturated heterocycles. The van der Waals surface area contributed by atoms with Crippen LogP contribution in [-0.4, -0.2) is 4.57 Å². The molecular formula is C32H9F16N. The van der Waals surface area contributed by atoms with Crippen LogP contribution >= 0.6 is 0 Å². The van der Waals surface area contributed by atoms with Crippen molar-refractivity contribution in [2.45, 2.75) is 12.4 Å². The van der Waals surface area contributed by atoms with Crippen LogP contribution in [0.2, 0.25) is 0 Å². The molecule has 0 spiro atoms. The molecule has 5 aromatic carbocycles. The highest BCUT2D eigenvalue weighted by molar-refractivity contribution is 6.11. The molecule has 0 unspecified atom stereocenters. The molecule has 6 aromatic rings. The SMILES string of the molecule is Fc1c(F)c(F)c(-c2ccc3c(c2)c2cc(-c4c(F)c(F)c(F)c(F)c4F)ccc2n3-c2cc(C(F)(F)F)cc(C(F)(F)F)c2)c(F)c1F. The Kier molecular flexibility index (Phi) is 7.67. The van der Waals surface area contributed by atoms with E-state index in [9.17, 15) is 70.2 Å². The minimum Gasteiger partial charge on any atom is -0.309 e. The molecule has 0 radical (unpaired) electrons. The number of aromatic nitrogens is 1. The van der Waals surface area contributed by atoms with Crippen LogP contribution < -0.4 is 0 Å². The first-order valence-electron chi connectivity index (χ1n) is 13.2. The molecule has 0 aliphatic rings. The fourth-order valence-electron chi connectivity index (χ4n) is 5.40. The summed E-state index contributed by atoms with van der Waals surface area (Å²) in [6.45, 7) is 0. The molecule has 0 fully saturated rings. The number of rotatable bonds is 3. The van der Waals surface area contributed by atoms with Gasteiger partial charge < -0.3 is 4.57 Å². The minimum atomic E-state index is -5.34. The van der Waals surface area contributed by atoms with Crippen molar-refractivity contribution in [1.82, 2.24) is 4.57 Å². The molecule has 0 N–H and O–H groups in total. The highest BCUT2D eigenvalue weighted by Crippen LogP contribution is 2.43. The molecule has 0 saturated carbocycles. The normalized spacial score (nSPS) is 12.5. The summed E-state index contributed by atoms with van der Waals surface area (Å²) in [5, 5.41) is -0.874. The van der Waals surface area contributed by atoms with Crippen molar-refractivity contribution in [2.24, 2.45) is 0 Å². The van der Waals surface area contributed by atoms with Gasteiger partial charge in [-0.2, -0.15) is 26.3 Å². The van der Waals surface area contributed by atoms with Crippen LogP contribution in [0, 0.1) is 58.2 Å².